The third kappa shape index (κ3) is 3.14. The van der Waals surface area contributed by atoms with Crippen molar-refractivity contribution in [3.8, 4) is 0 Å². The Morgan fingerprint density at radius 2 is 1.78 bits per heavy atom. The maximum absolute atomic E-state index is 12.6. The van der Waals surface area contributed by atoms with Crippen molar-refractivity contribution in [3.63, 3.8) is 0 Å². The summed E-state index contributed by atoms with van der Waals surface area (Å²) in [4.78, 5) is 12.6. The van der Waals surface area contributed by atoms with Gasteiger partial charge in [0.25, 0.3) is 0 Å². The number of Topliss-reactive ketones (excluding diaryl/α,β-unsaturated/α-hetero) is 1. The molecule has 0 aromatic heterocycles. The highest BCUT2D eigenvalue weighted by Crippen LogP contribution is 2.38. The summed E-state index contributed by atoms with van der Waals surface area (Å²) < 4.78 is 5.94. The molecule has 2 aliphatic carbocycles. The van der Waals surface area contributed by atoms with E-state index in [-0.39, 0.29) is 0 Å². The maximum Gasteiger partial charge on any atom is 0.164 e. The minimum absolute atomic E-state index is 0.406. The summed E-state index contributed by atoms with van der Waals surface area (Å²) in [6.45, 7) is 4.98. The molecule has 0 radical (unpaired) electrons. The summed E-state index contributed by atoms with van der Waals surface area (Å²) in [7, 11) is 0. The molecule has 0 N–H and O–H groups in total. The van der Waals surface area contributed by atoms with Crippen LogP contribution in [0.4, 0.5) is 0 Å². The summed E-state index contributed by atoms with van der Waals surface area (Å²) in [6, 6.07) is 0. The largest absolute Gasteiger partial charge is 0.368 e. The Balaban J connectivity index is 1.97. The minimum atomic E-state index is -0.413. The van der Waals surface area contributed by atoms with Gasteiger partial charge in [0.1, 0.15) is 5.60 Å². The van der Waals surface area contributed by atoms with E-state index in [9.17, 15) is 4.79 Å². The number of carbonyl (C=O) groups is 1. The topological polar surface area (TPSA) is 26.3 Å². The van der Waals surface area contributed by atoms with E-state index in [0.717, 1.165) is 38.0 Å². The van der Waals surface area contributed by atoms with Crippen LogP contribution in [0.15, 0.2) is 0 Å². The number of ether oxygens (including phenoxy) is 1. The highest BCUT2D eigenvalue weighted by molar-refractivity contribution is 5.87. The molecule has 2 aliphatic rings. The van der Waals surface area contributed by atoms with Gasteiger partial charge in [0, 0.05) is 13.0 Å². The molecule has 0 unspecified atom stereocenters. The van der Waals surface area contributed by atoms with E-state index in [0.29, 0.717) is 18.3 Å². The van der Waals surface area contributed by atoms with Gasteiger partial charge in [0.15, 0.2) is 5.78 Å². The van der Waals surface area contributed by atoms with Gasteiger partial charge in [-0.05, 0) is 44.4 Å². The van der Waals surface area contributed by atoms with E-state index >= 15 is 0 Å². The van der Waals surface area contributed by atoms with Gasteiger partial charge < -0.3 is 4.74 Å². The summed E-state index contributed by atoms with van der Waals surface area (Å²) in [5, 5.41) is 0. The molecule has 0 spiro atoms. The quantitative estimate of drug-likeness (QED) is 0.735. The Labute approximate surface area is 111 Å². The van der Waals surface area contributed by atoms with Gasteiger partial charge in [-0.3, -0.25) is 4.79 Å². The SMILES string of the molecule is CCOC1(C(=O)CC2CCCC2)CCC(C)CC1. The summed E-state index contributed by atoms with van der Waals surface area (Å²) in [5.41, 5.74) is -0.413. The Morgan fingerprint density at radius 1 is 1.17 bits per heavy atom. The number of hydrogen-bond donors (Lipinski definition) is 0. The smallest absolute Gasteiger partial charge is 0.164 e. The first-order valence-electron chi connectivity index (χ1n) is 7.83. The highest BCUT2D eigenvalue weighted by Gasteiger charge is 2.42. The van der Waals surface area contributed by atoms with Crippen molar-refractivity contribution in [1.82, 2.24) is 0 Å². The average molecular weight is 252 g/mol. The van der Waals surface area contributed by atoms with Crippen molar-refractivity contribution in [3.05, 3.63) is 0 Å². The zero-order chi connectivity index (χ0) is 13.0. The lowest BCUT2D eigenvalue weighted by atomic mass is 9.75. The molecule has 0 amide bonds. The predicted octanol–water partition coefficient (Wildman–Crippen LogP) is 4.12. The number of ketones is 1. The maximum atomic E-state index is 12.6. The Kier molecular flexibility index (Phi) is 4.83. The fraction of sp³-hybridized carbons (Fsp3) is 0.938. The van der Waals surface area contributed by atoms with Crippen LogP contribution in [-0.2, 0) is 9.53 Å². The fourth-order valence-electron chi connectivity index (χ4n) is 3.67. The first-order valence-corrected chi connectivity index (χ1v) is 7.83. The van der Waals surface area contributed by atoms with Gasteiger partial charge in [0.05, 0.1) is 0 Å². The van der Waals surface area contributed by atoms with Gasteiger partial charge in [-0.15, -0.1) is 0 Å². The lowest BCUT2D eigenvalue weighted by Crippen LogP contribution is -2.45. The van der Waals surface area contributed by atoms with Crippen LogP contribution in [0.25, 0.3) is 0 Å². The summed E-state index contributed by atoms with van der Waals surface area (Å²) in [6.07, 6.45) is 10.1. The molecule has 2 nitrogen and oxygen atoms in total. The zero-order valence-corrected chi connectivity index (χ0v) is 12.0. The summed E-state index contributed by atoms with van der Waals surface area (Å²) in [5.74, 6) is 1.81. The molecule has 0 heterocycles. The molecule has 0 aliphatic heterocycles. The molecule has 2 saturated carbocycles. The van der Waals surface area contributed by atoms with Crippen LogP contribution in [0.2, 0.25) is 0 Å². The van der Waals surface area contributed by atoms with Crippen molar-refractivity contribution in [2.75, 3.05) is 6.61 Å². The fourth-order valence-corrected chi connectivity index (χ4v) is 3.67. The van der Waals surface area contributed by atoms with Crippen LogP contribution >= 0.6 is 0 Å². The van der Waals surface area contributed by atoms with Crippen molar-refractivity contribution in [2.24, 2.45) is 11.8 Å². The van der Waals surface area contributed by atoms with Crippen LogP contribution in [0.1, 0.15) is 71.6 Å². The molecular weight excluding hydrogens is 224 g/mol. The third-order valence-electron chi connectivity index (χ3n) is 4.96. The van der Waals surface area contributed by atoms with Gasteiger partial charge >= 0.3 is 0 Å². The Bertz CT molecular complexity index is 271. The first kappa shape index (κ1) is 14.0. The minimum Gasteiger partial charge on any atom is -0.368 e. The molecule has 0 aromatic carbocycles. The second-order valence-corrected chi connectivity index (χ2v) is 6.39. The van der Waals surface area contributed by atoms with Crippen LogP contribution < -0.4 is 0 Å². The van der Waals surface area contributed by atoms with E-state index < -0.39 is 5.60 Å². The van der Waals surface area contributed by atoms with Crippen molar-refractivity contribution in [2.45, 2.75) is 77.2 Å². The van der Waals surface area contributed by atoms with Gasteiger partial charge in [0.2, 0.25) is 0 Å². The van der Waals surface area contributed by atoms with Crippen molar-refractivity contribution in [1.29, 1.82) is 0 Å². The molecular formula is C16H28O2. The van der Waals surface area contributed by atoms with E-state index in [2.05, 4.69) is 6.92 Å². The lowest BCUT2D eigenvalue weighted by Gasteiger charge is -2.38. The molecule has 0 atom stereocenters. The van der Waals surface area contributed by atoms with E-state index in [4.69, 9.17) is 4.74 Å². The van der Waals surface area contributed by atoms with E-state index in [1.165, 1.54) is 25.7 Å². The normalized spacial score (nSPS) is 33.8. The highest BCUT2D eigenvalue weighted by atomic mass is 16.5. The van der Waals surface area contributed by atoms with Gasteiger partial charge in [-0.1, -0.05) is 32.6 Å². The average Bonchev–Trinajstić information content (AvgIpc) is 2.85. The molecule has 2 fully saturated rings. The van der Waals surface area contributed by atoms with Crippen LogP contribution in [0, 0.1) is 11.8 Å². The predicted molar refractivity (Wildman–Crippen MR) is 73.6 cm³/mol. The number of rotatable bonds is 5. The lowest BCUT2D eigenvalue weighted by molar-refractivity contribution is -0.151. The Hall–Kier alpha value is -0.370. The molecule has 2 heteroatoms. The first-order chi connectivity index (χ1) is 8.66. The molecule has 0 saturated heterocycles. The van der Waals surface area contributed by atoms with Crippen LogP contribution in [0.3, 0.4) is 0 Å². The van der Waals surface area contributed by atoms with Crippen molar-refractivity contribution >= 4 is 5.78 Å². The van der Waals surface area contributed by atoms with Crippen molar-refractivity contribution < 1.29 is 9.53 Å². The van der Waals surface area contributed by atoms with Crippen LogP contribution in [-0.4, -0.2) is 18.0 Å². The van der Waals surface area contributed by atoms with Crippen LogP contribution in [0.5, 0.6) is 0 Å². The standard InChI is InChI=1S/C16H28O2/c1-3-18-16(10-8-13(2)9-11-16)15(17)12-14-6-4-5-7-14/h13-14H,3-12H2,1-2H3. The molecule has 0 bridgehead atoms. The molecule has 2 rings (SSSR count). The van der Waals surface area contributed by atoms with Gasteiger partial charge in [-0.25, -0.2) is 0 Å². The molecule has 104 valence electrons. The molecule has 18 heavy (non-hydrogen) atoms. The second-order valence-electron chi connectivity index (χ2n) is 6.39. The summed E-state index contributed by atoms with van der Waals surface area (Å²) >= 11 is 0. The Morgan fingerprint density at radius 3 is 2.33 bits per heavy atom. The van der Waals surface area contributed by atoms with E-state index in [1.807, 2.05) is 6.92 Å². The third-order valence-corrected chi connectivity index (χ3v) is 4.96. The molecule has 0 aromatic rings. The second kappa shape index (κ2) is 6.18. The monoisotopic (exact) mass is 252 g/mol. The zero-order valence-electron chi connectivity index (χ0n) is 12.0. The number of hydrogen-bond acceptors (Lipinski definition) is 2. The van der Waals surface area contributed by atoms with Gasteiger partial charge in [-0.2, -0.15) is 0 Å². The van der Waals surface area contributed by atoms with E-state index in [1.54, 1.807) is 0 Å². The number of carbonyl (C=O) groups excluding carboxylic acids is 1.